The van der Waals surface area contributed by atoms with Crippen LogP contribution < -0.4 is 5.32 Å². The molecule has 0 aromatic carbocycles. The van der Waals surface area contributed by atoms with Gasteiger partial charge in [-0.05, 0) is 75.4 Å². The molecule has 1 aliphatic heterocycles. The smallest absolute Gasteiger partial charge is 0.0105 e. The van der Waals surface area contributed by atoms with Crippen LogP contribution in [0.3, 0.4) is 0 Å². The lowest BCUT2D eigenvalue weighted by molar-refractivity contribution is 0.0798. The number of likely N-dealkylation sites (tertiary alicyclic amines) is 1. The van der Waals surface area contributed by atoms with Gasteiger partial charge >= 0.3 is 0 Å². The molecule has 3 unspecified atom stereocenters. The van der Waals surface area contributed by atoms with E-state index in [-0.39, 0.29) is 0 Å². The van der Waals surface area contributed by atoms with Crippen LogP contribution in [0.2, 0.25) is 0 Å². The Morgan fingerprint density at radius 1 is 1.05 bits per heavy atom. The van der Waals surface area contributed by atoms with Crippen molar-refractivity contribution in [3.63, 3.8) is 0 Å². The highest BCUT2D eigenvalue weighted by atomic mass is 15.1. The first-order valence-electron chi connectivity index (χ1n) is 9.33. The van der Waals surface area contributed by atoms with Crippen molar-refractivity contribution in [1.29, 1.82) is 0 Å². The van der Waals surface area contributed by atoms with Gasteiger partial charge in [0, 0.05) is 12.6 Å². The number of nitrogens with one attached hydrogen (secondary N) is 1. The van der Waals surface area contributed by atoms with Crippen molar-refractivity contribution >= 4 is 0 Å². The lowest BCUT2D eigenvalue weighted by Gasteiger charge is -2.43. The zero-order valence-corrected chi connectivity index (χ0v) is 15.1. The molecule has 1 saturated carbocycles. The number of nitrogens with zero attached hydrogens (tertiary/aromatic N) is 1. The van der Waals surface area contributed by atoms with Crippen LogP contribution in [-0.2, 0) is 0 Å². The normalized spacial score (nSPS) is 33.3. The second kappa shape index (κ2) is 7.46. The van der Waals surface area contributed by atoms with E-state index >= 15 is 0 Å². The summed E-state index contributed by atoms with van der Waals surface area (Å²) in [6.45, 7) is 13.6. The van der Waals surface area contributed by atoms with Crippen molar-refractivity contribution in [3.8, 4) is 0 Å². The zero-order chi connectivity index (χ0) is 15.5. The van der Waals surface area contributed by atoms with Gasteiger partial charge in [-0.1, -0.05) is 34.1 Å². The minimum absolute atomic E-state index is 0.498. The van der Waals surface area contributed by atoms with Crippen LogP contribution in [0.15, 0.2) is 0 Å². The van der Waals surface area contributed by atoms with Crippen molar-refractivity contribution in [1.82, 2.24) is 10.2 Å². The zero-order valence-electron chi connectivity index (χ0n) is 15.1. The lowest BCUT2D eigenvalue weighted by Crippen LogP contribution is -2.47. The molecule has 2 nitrogen and oxygen atoms in total. The van der Waals surface area contributed by atoms with Crippen LogP contribution in [0, 0.1) is 23.2 Å². The Hall–Kier alpha value is -0.0800. The third-order valence-corrected chi connectivity index (χ3v) is 6.34. The summed E-state index contributed by atoms with van der Waals surface area (Å²) in [6.07, 6.45) is 8.44. The predicted molar refractivity (Wildman–Crippen MR) is 92.6 cm³/mol. The van der Waals surface area contributed by atoms with E-state index in [2.05, 4.69) is 45.0 Å². The molecule has 0 aromatic rings. The van der Waals surface area contributed by atoms with Gasteiger partial charge in [0.1, 0.15) is 0 Å². The highest BCUT2D eigenvalue weighted by Crippen LogP contribution is 2.36. The van der Waals surface area contributed by atoms with Gasteiger partial charge in [-0.15, -0.1) is 0 Å². The summed E-state index contributed by atoms with van der Waals surface area (Å²) >= 11 is 0. The minimum atomic E-state index is 0.498. The Labute approximate surface area is 133 Å². The van der Waals surface area contributed by atoms with E-state index in [1.807, 2.05) is 0 Å². The Bertz CT molecular complexity index is 299. The van der Waals surface area contributed by atoms with E-state index in [9.17, 15) is 0 Å². The van der Waals surface area contributed by atoms with E-state index < -0.39 is 0 Å². The van der Waals surface area contributed by atoms with Gasteiger partial charge in [0.25, 0.3) is 0 Å². The van der Waals surface area contributed by atoms with Gasteiger partial charge in [-0.2, -0.15) is 0 Å². The lowest BCUT2D eigenvalue weighted by atomic mass is 9.74. The van der Waals surface area contributed by atoms with Crippen molar-refractivity contribution < 1.29 is 0 Å². The van der Waals surface area contributed by atoms with Crippen LogP contribution >= 0.6 is 0 Å². The van der Waals surface area contributed by atoms with Gasteiger partial charge in [0.15, 0.2) is 0 Å². The van der Waals surface area contributed by atoms with E-state index in [0.29, 0.717) is 5.41 Å². The first-order chi connectivity index (χ1) is 9.94. The monoisotopic (exact) mass is 294 g/mol. The summed E-state index contributed by atoms with van der Waals surface area (Å²) in [7, 11) is 2.16. The maximum atomic E-state index is 3.59. The second-order valence-corrected chi connectivity index (χ2v) is 8.68. The first-order valence-corrected chi connectivity index (χ1v) is 9.33. The molecule has 0 aromatic heterocycles. The molecule has 2 aliphatic rings. The number of hydrogen-bond donors (Lipinski definition) is 1. The average molecular weight is 295 g/mol. The number of piperidine rings is 1. The summed E-state index contributed by atoms with van der Waals surface area (Å²) in [5.41, 5.74) is 0.498. The molecular formula is C19H38N2. The van der Waals surface area contributed by atoms with Crippen molar-refractivity contribution in [3.05, 3.63) is 0 Å². The first kappa shape index (κ1) is 17.3. The molecule has 1 N–H and O–H groups in total. The molecule has 0 radical (unpaired) electrons. The second-order valence-electron chi connectivity index (χ2n) is 8.68. The van der Waals surface area contributed by atoms with Gasteiger partial charge in [0.2, 0.25) is 0 Å². The molecule has 0 bridgehead atoms. The third kappa shape index (κ3) is 4.69. The molecule has 0 amide bonds. The van der Waals surface area contributed by atoms with E-state index in [1.54, 1.807) is 0 Å². The molecule has 124 valence electrons. The molecule has 0 spiro atoms. The molecule has 1 heterocycles. The highest BCUT2D eigenvalue weighted by Gasteiger charge is 2.33. The van der Waals surface area contributed by atoms with Gasteiger partial charge in [-0.25, -0.2) is 0 Å². The Morgan fingerprint density at radius 2 is 1.71 bits per heavy atom. The van der Waals surface area contributed by atoms with Crippen molar-refractivity contribution in [2.45, 2.75) is 72.3 Å². The van der Waals surface area contributed by atoms with Gasteiger partial charge in [0.05, 0.1) is 0 Å². The topological polar surface area (TPSA) is 15.3 Å². The Kier molecular flexibility index (Phi) is 6.14. The molecule has 2 rings (SSSR count). The molecule has 3 atom stereocenters. The minimum Gasteiger partial charge on any atom is -0.317 e. The summed E-state index contributed by atoms with van der Waals surface area (Å²) in [6, 6.07) is 0.758. The molecular weight excluding hydrogens is 256 g/mol. The maximum absolute atomic E-state index is 3.59. The fourth-order valence-electron chi connectivity index (χ4n) is 4.63. The molecule has 21 heavy (non-hydrogen) atoms. The fraction of sp³-hybridized carbons (Fsp3) is 1.00. The van der Waals surface area contributed by atoms with Crippen LogP contribution in [0.5, 0.6) is 0 Å². The summed E-state index contributed by atoms with van der Waals surface area (Å²) in [5.74, 6) is 2.77. The van der Waals surface area contributed by atoms with Crippen LogP contribution in [0.25, 0.3) is 0 Å². The molecule has 2 fully saturated rings. The molecule has 2 heteroatoms. The molecule has 1 aliphatic carbocycles. The summed E-state index contributed by atoms with van der Waals surface area (Å²) in [5, 5.41) is 3.59. The molecule has 1 saturated heterocycles. The quantitative estimate of drug-likeness (QED) is 0.837. The Morgan fingerprint density at radius 3 is 2.24 bits per heavy atom. The van der Waals surface area contributed by atoms with E-state index in [1.165, 1.54) is 58.2 Å². The van der Waals surface area contributed by atoms with Gasteiger partial charge < -0.3 is 10.2 Å². The number of rotatable bonds is 4. The Balaban J connectivity index is 1.83. The largest absolute Gasteiger partial charge is 0.317 e. The van der Waals surface area contributed by atoms with Crippen molar-refractivity contribution in [2.24, 2.45) is 23.2 Å². The van der Waals surface area contributed by atoms with Crippen LogP contribution in [-0.4, -0.2) is 37.6 Å². The summed E-state index contributed by atoms with van der Waals surface area (Å²) < 4.78 is 0. The predicted octanol–water partition coefficient (Wildman–Crippen LogP) is 4.16. The number of hydrogen-bond acceptors (Lipinski definition) is 2. The van der Waals surface area contributed by atoms with Crippen molar-refractivity contribution in [2.75, 3.05) is 26.7 Å². The van der Waals surface area contributed by atoms with Crippen LogP contribution in [0.1, 0.15) is 66.2 Å². The van der Waals surface area contributed by atoms with Crippen LogP contribution in [0.4, 0.5) is 0 Å². The summed E-state index contributed by atoms with van der Waals surface area (Å²) in [4.78, 5) is 2.76. The highest BCUT2D eigenvalue weighted by molar-refractivity contribution is 4.88. The third-order valence-electron chi connectivity index (χ3n) is 6.34. The standard InChI is InChI=1S/C19H38N2/c1-6-15-7-8-18(20-5)16(13-15)14-21-11-9-17(10-12-21)19(2,3)4/h15-18,20H,6-14H2,1-5H3. The van der Waals surface area contributed by atoms with E-state index in [0.717, 1.165) is 23.8 Å². The average Bonchev–Trinajstić information content (AvgIpc) is 2.46. The maximum Gasteiger partial charge on any atom is 0.0105 e. The SMILES string of the molecule is CCC1CCC(NC)C(CN2CCC(C(C)(C)C)CC2)C1. The fourth-order valence-corrected chi connectivity index (χ4v) is 4.63. The van der Waals surface area contributed by atoms with Gasteiger partial charge in [-0.3, -0.25) is 0 Å². The van der Waals surface area contributed by atoms with E-state index in [4.69, 9.17) is 0 Å².